The monoisotopic (exact) mass is 316 g/mol. The average molecular weight is 317 g/mol. The lowest BCUT2D eigenvalue weighted by Gasteiger charge is -2.18. The molecule has 0 saturated carbocycles. The predicted octanol–water partition coefficient (Wildman–Crippen LogP) is 3.27. The van der Waals surface area contributed by atoms with Crippen LogP contribution in [0.5, 0.6) is 0 Å². The molecule has 0 aliphatic rings. The molecule has 1 N–H and O–H groups in total. The van der Waals surface area contributed by atoms with Gasteiger partial charge in [0.05, 0.1) is 0 Å². The van der Waals surface area contributed by atoms with E-state index in [-0.39, 0.29) is 5.82 Å². The number of benzene rings is 1. The standard InChI is InChI=1S/C14H22BrFN2/c1-11(2)9-17-6-7-18(3)10-12-8-13(16)4-5-14(12)15/h4-5,8,11,17H,6-7,9-10H2,1-3H3. The summed E-state index contributed by atoms with van der Waals surface area (Å²) in [5.41, 5.74) is 0.987. The summed E-state index contributed by atoms with van der Waals surface area (Å²) >= 11 is 3.45. The Bertz CT molecular complexity index is 369. The highest BCUT2D eigenvalue weighted by molar-refractivity contribution is 9.10. The van der Waals surface area contributed by atoms with Gasteiger partial charge in [0.2, 0.25) is 0 Å². The lowest BCUT2D eigenvalue weighted by Crippen LogP contribution is -2.30. The van der Waals surface area contributed by atoms with Gasteiger partial charge in [-0.15, -0.1) is 0 Å². The highest BCUT2D eigenvalue weighted by atomic mass is 79.9. The number of hydrogen-bond acceptors (Lipinski definition) is 2. The van der Waals surface area contributed by atoms with Gasteiger partial charge in [-0.05, 0) is 43.3 Å². The van der Waals surface area contributed by atoms with Gasteiger partial charge in [0, 0.05) is 24.1 Å². The van der Waals surface area contributed by atoms with Crippen LogP contribution >= 0.6 is 15.9 Å². The largest absolute Gasteiger partial charge is 0.315 e. The number of nitrogens with one attached hydrogen (secondary N) is 1. The van der Waals surface area contributed by atoms with Crippen molar-refractivity contribution in [1.82, 2.24) is 10.2 Å². The Morgan fingerprint density at radius 2 is 2.11 bits per heavy atom. The quantitative estimate of drug-likeness (QED) is 0.777. The number of nitrogens with zero attached hydrogens (tertiary/aromatic N) is 1. The van der Waals surface area contributed by atoms with E-state index in [0.717, 1.165) is 36.2 Å². The fraction of sp³-hybridized carbons (Fsp3) is 0.571. The van der Waals surface area contributed by atoms with Crippen molar-refractivity contribution >= 4 is 15.9 Å². The molecule has 2 nitrogen and oxygen atoms in total. The highest BCUT2D eigenvalue weighted by Crippen LogP contribution is 2.18. The Labute approximate surface area is 118 Å². The summed E-state index contributed by atoms with van der Waals surface area (Å²) in [6, 6.07) is 4.81. The number of hydrogen-bond donors (Lipinski definition) is 1. The molecule has 0 saturated heterocycles. The van der Waals surface area contributed by atoms with Crippen LogP contribution in [0.25, 0.3) is 0 Å². The fourth-order valence-electron chi connectivity index (χ4n) is 1.69. The van der Waals surface area contributed by atoms with E-state index in [4.69, 9.17) is 0 Å². The van der Waals surface area contributed by atoms with Crippen molar-refractivity contribution in [1.29, 1.82) is 0 Å². The third-order valence-electron chi connectivity index (χ3n) is 2.67. The van der Waals surface area contributed by atoms with Gasteiger partial charge in [0.1, 0.15) is 5.82 Å². The van der Waals surface area contributed by atoms with Crippen molar-refractivity contribution in [2.24, 2.45) is 5.92 Å². The summed E-state index contributed by atoms with van der Waals surface area (Å²) in [6.07, 6.45) is 0. The van der Waals surface area contributed by atoms with Crippen molar-refractivity contribution in [3.63, 3.8) is 0 Å². The van der Waals surface area contributed by atoms with Gasteiger partial charge in [0.15, 0.2) is 0 Å². The number of rotatable bonds is 7. The Morgan fingerprint density at radius 3 is 2.78 bits per heavy atom. The fourth-order valence-corrected chi connectivity index (χ4v) is 2.07. The molecule has 0 spiro atoms. The van der Waals surface area contributed by atoms with Crippen LogP contribution < -0.4 is 5.32 Å². The van der Waals surface area contributed by atoms with Crippen LogP contribution in [0.4, 0.5) is 4.39 Å². The predicted molar refractivity (Wildman–Crippen MR) is 78.1 cm³/mol. The van der Waals surface area contributed by atoms with Crippen molar-refractivity contribution in [3.05, 3.63) is 34.1 Å². The van der Waals surface area contributed by atoms with Crippen molar-refractivity contribution in [2.45, 2.75) is 20.4 Å². The summed E-state index contributed by atoms with van der Waals surface area (Å²) in [6.45, 7) is 8.09. The summed E-state index contributed by atoms with van der Waals surface area (Å²) in [5.74, 6) is 0.493. The first kappa shape index (κ1) is 15.6. The molecule has 0 atom stereocenters. The summed E-state index contributed by atoms with van der Waals surface area (Å²) in [4.78, 5) is 2.19. The first-order valence-electron chi connectivity index (χ1n) is 6.32. The van der Waals surface area contributed by atoms with Crippen LogP contribution in [0.1, 0.15) is 19.4 Å². The van der Waals surface area contributed by atoms with E-state index in [9.17, 15) is 4.39 Å². The molecule has 1 aromatic rings. The molecule has 18 heavy (non-hydrogen) atoms. The van der Waals surface area contributed by atoms with E-state index in [0.29, 0.717) is 5.92 Å². The van der Waals surface area contributed by atoms with Gasteiger partial charge in [-0.2, -0.15) is 0 Å². The molecule has 102 valence electrons. The third kappa shape index (κ3) is 5.94. The Balaban J connectivity index is 2.35. The normalized spacial score (nSPS) is 11.5. The lowest BCUT2D eigenvalue weighted by atomic mass is 10.2. The van der Waals surface area contributed by atoms with E-state index >= 15 is 0 Å². The van der Waals surface area contributed by atoms with Crippen LogP contribution in [0.2, 0.25) is 0 Å². The first-order chi connectivity index (χ1) is 8.49. The molecular weight excluding hydrogens is 295 g/mol. The van der Waals surface area contributed by atoms with Gasteiger partial charge < -0.3 is 10.2 Å². The Kier molecular flexibility index (Phi) is 6.82. The van der Waals surface area contributed by atoms with Gasteiger partial charge in [-0.1, -0.05) is 29.8 Å². The number of halogens is 2. The van der Waals surface area contributed by atoms with Crippen molar-refractivity contribution < 1.29 is 4.39 Å². The molecule has 0 fully saturated rings. The van der Waals surface area contributed by atoms with Crippen molar-refractivity contribution in [3.8, 4) is 0 Å². The summed E-state index contributed by atoms with van der Waals surface area (Å²) < 4.78 is 14.1. The second-order valence-corrected chi connectivity index (χ2v) is 5.93. The topological polar surface area (TPSA) is 15.3 Å². The molecule has 0 aliphatic heterocycles. The Morgan fingerprint density at radius 1 is 1.39 bits per heavy atom. The van der Waals surface area contributed by atoms with Crippen LogP contribution in [0.3, 0.4) is 0 Å². The van der Waals surface area contributed by atoms with E-state index in [1.165, 1.54) is 6.07 Å². The molecule has 0 aromatic heterocycles. The molecule has 0 amide bonds. The molecule has 1 aromatic carbocycles. The van der Waals surface area contributed by atoms with Crippen LogP contribution in [0.15, 0.2) is 22.7 Å². The van der Waals surface area contributed by atoms with Crippen LogP contribution in [-0.2, 0) is 6.54 Å². The maximum atomic E-state index is 13.1. The molecule has 1 rings (SSSR count). The SMILES string of the molecule is CC(C)CNCCN(C)Cc1cc(F)ccc1Br. The smallest absolute Gasteiger partial charge is 0.123 e. The molecular formula is C14H22BrFN2. The zero-order valence-corrected chi connectivity index (χ0v) is 12.9. The summed E-state index contributed by atoms with van der Waals surface area (Å²) in [7, 11) is 2.05. The van der Waals surface area contributed by atoms with Gasteiger partial charge in [-0.3, -0.25) is 0 Å². The van der Waals surface area contributed by atoms with Crippen LogP contribution in [-0.4, -0.2) is 31.6 Å². The van der Waals surface area contributed by atoms with Gasteiger partial charge in [0.25, 0.3) is 0 Å². The number of likely N-dealkylation sites (N-methyl/N-ethyl adjacent to an activating group) is 1. The zero-order valence-electron chi connectivity index (χ0n) is 11.3. The van der Waals surface area contributed by atoms with Gasteiger partial charge >= 0.3 is 0 Å². The molecule has 0 unspecified atom stereocenters. The molecule has 0 radical (unpaired) electrons. The summed E-state index contributed by atoms with van der Waals surface area (Å²) in [5, 5.41) is 3.40. The first-order valence-corrected chi connectivity index (χ1v) is 7.11. The van der Waals surface area contributed by atoms with E-state index in [1.807, 2.05) is 7.05 Å². The Hall–Kier alpha value is -0.450. The van der Waals surface area contributed by atoms with Crippen LogP contribution in [0, 0.1) is 11.7 Å². The van der Waals surface area contributed by atoms with Crippen molar-refractivity contribution in [2.75, 3.05) is 26.7 Å². The highest BCUT2D eigenvalue weighted by Gasteiger charge is 2.05. The van der Waals surface area contributed by atoms with Gasteiger partial charge in [-0.25, -0.2) is 4.39 Å². The molecule has 0 bridgehead atoms. The zero-order chi connectivity index (χ0) is 13.5. The minimum atomic E-state index is -0.181. The van der Waals surface area contributed by atoms with E-state index in [1.54, 1.807) is 12.1 Å². The minimum absolute atomic E-state index is 0.181. The molecule has 0 aliphatic carbocycles. The maximum Gasteiger partial charge on any atom is 0.123 e. The molecule has 0 heterocycles. The average Bonchev–Trinajstić information content (AvgIpc) is 2.29. The molecule has 4 heteroatoms. The minimum Gasteiger partial charge on any atom is -0.315 e. The maximum absolute atomic E-state index is 13.1. The van der Waals surface area contributed by atoms with E-state index < -0.39 is 0 Å². The second-order valence-electron chi connectivity index (χ2n) is 5.07. The second kappa shape index (κ2) is 7.87. The third-order valence-corrected chi connectivity index (χ3v) is 3.44. The lowest BCUT2D eigenvalue weighted by molar-refractivity contribution is 0.320. The van der Waals surface area contributed by atoms with E-state index in [2.05, 4.69) is 40.0 Å².